The van der Waals surface area contributed by atoms with Crippen LogP contribution in [0.2, 0.25) is 0 Å². The van der Waals surface area contributed by atoms with Gasteiger partial charge in [-0.25, -0.2) is 9.89 Å². The van der Waals surface area contributed by atoms with Crippen molar-refractivity contribution in [3.8, 4) is 11.5 Å². The molecule has 0 saturated carbocycles. The number of benzene rings is 3. The predicted molar refractivity (Wildman–Crippen MR) is 168 cm³/mol. The minimum absolute atomic E-state index is 0.121. The summed E-state index contributed by atoms with van der Waals surface area (Å²) in [7, 11) is 3.13. The van der Waals surface area contributed by atoms with E-state index in [1.165, 1.54) is 16.7 Å². The summed E-state index contributed by atoms with van der Waals surface area (Å²) in [5, 5.41) is 5.68. The van der Waals surface area contributed by atoms with Gasteiger partial charge in [0.2, 0.25) is 11.8 Å². The van der Waals surface area contributed by atoms with Gasteiger partial charge in [0.25, 0.3) is 5.91 Å². The Labute approximate surface area is 254 Å². The van der Waals surface area contributed by atoms with Gasteiger partial charge in [-0.2, -0.15) is 0 Å². The van der Waals surface area contributed by atoms with E-state index in [9.17, 15) is 14.4 Å². The number of carbonyl (C=O) groups excluding carboxylic acids is 3. The summed E-state index contributed by atoms with van der Waals surface area (Å²) in [5.74, 6) is 1.05. The van der Waals surface area contributed by atoms with E-state index in [0.29, 0.717) is 46.8 Å². The average molecular weight is 600 g/mol. The highest BCUT2D eigenvalue weighted by atomic mass is 32.2. The summed E-state index contributed by atoms with van der Waals surface area (Å²) in [4.78, 5) is 50.7. The molecule has 0 fully saturated rings. The van der Waals surface area contributed by atoms with E-state index in [4.69, 9.17) is 19.5 Å². The molecule has 2 atom stereocenters. The molecule has 0 bridgehead atoms. The number of fused-ring (bicyclic) bond motifs is 3. The highest BCUT2D eigenvalue weighted by Gasteiger charge is 2.42. The van der Waals surface area contributed by atoms with Gasteiger partial charge in [-0.05, 0) is 43.2 Å². The maximum Gasteiger partial charge on any atom is 0.259 e. The van der Waals surface area contributed by atoms with Crippen LogP contribution in [0, 0.1) is 0 Å². The number of amides is 3. The zero-order valence-electron chi connectivity index (χ0n) is 24.2. The number of nitrogens with zero attached hydrogens (tertiary/aromatic N) is 3. The normalized spacial score (nSPS) is 15.9. The Kier molecular flexibility index (Phi) is 9.41. The number of amidine groups is 2. The Morgan fingerprint density at radius 3 is 2.44 bits per heavy atom. The molecular formula is C32H33N5O5S. The fourth-order valence-corrected chi connectivity index (χ4v) is 5.90. The third-order valence-corrected chi connectivity index (χ3v) is 8.45. The highest BCUT2D eigenvalue weighted by molar-refractivity contribution is 8.15. The van der Waals surface area contributed by atoms with E-state index in [-0.39, 0.29) is 30.6 Å². The molecule has 43 heavy (non-hydrogen) atoms. The fourth-order valence-electron chi connectivity index (χ4n) is 4.88. The number of hydrogen-bond donors (Lipinski definition) is 2. The topological polar surface area (TPSA) is 122 Å². The van der Waals surface area contributed by atoms with Crippen LogP contribution in [0.1, 0.15) is 37.3 Å². The molecule has 0 saturated heterocycles. The number of thioether (sulfide) groups is 1. The van der Waals surface area contributed by atoms with Gasteiger partial charge in [0.05, 0.1) is 30.8 Å². The second kappa shape index (κ2) is 13.6. The first-order valence-corrected chi connectivity index (χ1v) is 14.9. The monoisotopic (exact) mass is 599 g/mol. The Bertz CT molecular complexity index is 1590. The van der Waals surface area contributed by atoms with Gasteiger partial charge in [0, 0.05) is 24.1 Å². The zero-order chi connectivity index (χ0) is 30.3. The van der Waals surface area contributed by atoms with Gasteiger partial charge in [-0.15, -0.1) is 0 Å². The minimum atomic E-state index is -0.744. The molecule has 2 N–H and O–H groups in total. The third-order valence-electron chi connectivity index (χ3n) is 7.14. The molecule has 2 aliphatic rings. The second-order valence-corrected chi connectivity index (χ2v) is 11.1. The number of rotatable bonds is 11. The van der Waals surface area contributed by atoms with Crippen LogP contribution in [0.3, 0.4) is 0 Å². The molecule has 0 aliphatic carbocycles. The van der Waals surface area contributed by atoms with Gasteiger partial charge < -0.3 is 20.1 Å². The summed E-state index contributed by atoms with van der Waals surface area (Å²) in [6.07, 6.45) is 0.856. The molecule has 3 aromatic rings. The predicted octanol–water partition coefficient (Wildman–Crippen LogP) is 4.91. The maximum absolute atomic E-state index is 13.7. The molecule has 0 spiro atoms. The number of anilines is 1. The fraction of sp³-hybridized carbons (Fsp3) is 0.281. The molecular weight excluding hydrogens is 566 g/mol. The molecule has 0 aromatic heterocycles. The molecule has 3 amide bonds. The first kappa shape index (κ1) is 29.8. The Morgan fingerprint density at radius 1 is 0.977 bits per heavy atom. The van der Waals surface area contributed by atoms with Crippen LogP contribution in [0.15, 0.2) is 82.8 Å². The van der Waals surface area contributed by atoms with Crippen molar-refractivity contribution in [2.45, 2.75) is 44.0 Å². The Hall–Kier alpha value is -4.64. The summed E-state index contributed by atoms with van der Waals surface area (Å²) >= 11 is 1.22. The van der Waals surface area contributed by atoms with Crippen LogP contribution < -0.4 is 20.1 Å². The van der Waals surface area contributed by atoms with E-state index in [1.807, 2.05) is 67.6 Å². The van der Waals surface area contributed by atoms with Crippen molar-refractivity contribution in [1.29, 1.82) is 0 Å². The van der Waals surface area contributed by atoms with Crippen LogP contribution in [0.4, 0.5) is 11.4 Å². The first-order valence-electron chi connectivity index (χ1n) is 14.0. The molecule has 3 aromatic carbocycles. The van der Waals surface area contributed by atoms with Crippen LogP contribution >= 0.6 is 11.8 Å². The largest absolute Gasteiger partial charge is 0.496 e. The second-order valence-electron chi connectivity index (χ2n) is 9.89. The highest BCUT2D eigenvalue weighted by Crippen LogP contribution is 2.36. The van der Waals surface area contributed by atoms with Crippen molar-refractivity contribution in [2.24, 2.45) is 9.98 Å². The number of para-hydroxylation sites is 4. The van der Waals surface area contributed by atoms with Crippen molar-refractivity contribution >= 4 is 51.9 Å². The number of aliphatic imine (C=N–C) groups is 2. The van der Waals surface area contributed by atoms with Crippen LogP contribution in [0.25, 0.3) is 0 Å². The van der Waals surface area contributed by atoms with Crippen LogP contribution in [-0.2, 0) is 20.9 Å². The number of carbonyl (C=O) groups is 3. The molecule has 2 heterocycles. The lowest BCUT2D eigenvalue weighted by molar-refractivity contribution is -0.125. The van der Waals surface area contributed by atoms with Crippen molar-refractivity contribution < 1.29 is 23.9 Å². The lowest BCUT2D eigenvalue weighted by atomic mass is 10.1. The van der Waals surface area contributed by atoms with E-state index in [0.717, 1.165) is 11.1 Å². The SMILES string of the molecule is CCC(SC1=Nc2ccccc2C2=NC(CCC(=O)NCc3ccccc3OC)C(=O)N12)C(=O)Nc1ccccc1OC. The lowest BCUT2D eigenvalue weighted by Gasteiger charge is -2.27. The minimum Gasteiger partial charge on any atom is -0.496 e. The van der Waals surface area contributed by atoms with Crippen molar-refractivity contribution in [3.63, 3.8) is 0 Å². The average Bonchev–Trinajstić information content (AvgIpc) is 3.38. The standard InChI is InChI=1S/C32H33N5O5S/c1-4-27(30(39)35-23-14-8-10-16-26(23)42-3)43-32-36-22-13-7-6-12-21(22)29-34-24(31(40)37(29)32)17-18-28(38)33-19-20-11-5-9-15-25(20)41-2/h5-16,24,27H,4,17-19H2,1-3H3,(H,33,38)(H,35,39). The molecule has 10 nitrogen and oxygen atoms in total. The maximum atomic E-state index is 13.7. The summed E-state index contributed by atoms with van der Waals surface area (Å²) in [6, 6.07) is 21.4. The molecule has 11 heteroatoms. The van der Waals surface area contributed by atoms with E-state index in [2.05, 4.69) is 10.6 Å². The smallest absolute Gasteiger partial charge is 0.259 e. The third kappa shape index (κ3) is 6.56. The van der Waals surface area contributed by atoms with Gasteiger partial charge in [0.15, 0.2) is 5.17 Å². The van der Waals surface area contributed by atoms with E-state index >= 15 is 0 Å². The summed E-state index contributed by atoms with van der Waals surface area (Å²) in [5.41, 5.74) is 2.83. The van der Waals surface area contributed by atoms with Gasteiger partial charge in [-0.3, -0.25) is 19.4 Å². The first-order chi connectivity index (χ1) is 20.9. The van der Waals surface area contributed by atoms with Gasteiger partial charge in [0.1, 0.15) is 23.4 Å². The number of methoxy groups -OCH3 is 2. The molecule has 0 radical (unpaired) electrons. The van der Waals surface area contributed by atoms with Crippen molar-refractivity contribution in [3.05, 3.63) is 83.9 Å². The van der Waals surface area contributed by atoms with Crippen molar-refractivity contribution in [2.75, 3.05) is 19.5 Å². The van der Waals surface area contributed by atoms with Crippen LogP contribution in [0.5, 0.6) is 11.5 Å². The number of nitrogens with one attached hydrogen (secondary N) is 2. The Balaban J connectivity index is 1.29. The number of ether oxygens (including phenoxy) is 2. The van der Waals surface area contributed by atoms with Gasteiger partial charge in [-0.1, -0.05) is 61.2 Å². The van der Waals surface area contributed by atoms with E-state index in [1.54, 1.807) is 26.4 Å². The number of hydrogen-bond acceptors (Lipinski definition) is 8. The summed E-state index contributed by atoms with van der Waals surface area (Å²) < 4.78 is 10.7. The summed E-state index contributed by atoms with van der Waals surface area (Å²) in [6.45, 7) is 2.22. The zero-order valence-corrected chi connectivity index (χ0v) is 25.0. The molecule has 2 unspecified atom stereocenters. The van der Waals surface area contributed by atoms with E-state index < -0.39 is 11.3 Å². The molecule has 222 valence electrons. The molecule has 5 rings (SSSR count). The quantitative estimate of drug-likeness (QED) is 0.323. The van der Waals surface area contributed by atoms with Crippen molar-refractivity contribution in [1.82, 2.24) is 10.2 Å². The molecule has 2 aliphatic heterocycles. The Morgan fingerprint density at radius 2 is 1.67 bits per heavy atom. The van der Waals surface area contributed by atoms with Crippen LogP contribution in [-0.4, -0.2) is 59.1 Å². The lowest BCUT2D eigenvalue weighted by Crippen LogP contribution is -2.42. The van der Waals surface area contributed by atoms with Gasteiger partial charge >= 0.3 is 0 Å².